The van der Waals surface area contributed by atoms with Crippen molar-refractivity contribution in [2.24, 2.45) is 0 Å². The van der Waals surface area contributed by atoms with E-state index in [-0.39, 0.29) is 25.0 Å². The molecule has 1 fully saturated rings. The fourth-order valence-electron chi connectivity index (χ4n) is 4.40. The van der Waals surface area contributed by atoms with Crippen LogP contribution in [-0.4, -0.2) is 82.8 Å². The van der Waals surface area contributed by atoms with Crippen LogP contribution in [0.1, 0.15) is 21.5 Å². The van der Waals surface area contributed by atoms with Crippen molar-refractivity contribution in [2.75, 3.05) is 44.8 Å². The van der Waals surface area contributed by atoms with Crippen LogP contribution in [0.3, 0.4) is 0 Å². The third kappa shape index (κ3) is 4.74. The maximum Gasteiger partial charge on any atom is 0.333 e. The van der Waals surface area contributed by atoms with Gasteiger partial charge in [0.1, 0.15) is 5.69 Å². The Kier molecular flexibility index (Phi) is 7.07. The number of hydrogen-bond acceptors (Lipinski definition) is 8. The molecule has 11 heteroatoms. The molecule has 5 rings (SSSR count). The minimum atomic E-state index is -0.416. The fourth-order valence-corrected chi connectivity index (χ4v) is 4.40. The maximum atomic E-state index is 13.5. The summed E-state index contributed by atoms with van der Waals surface area (Å²) in [6.07, 6.45) is 0. The number of rotatable bonds is 8. The van der Waals surface area contributed by atoms with Gasteiger partial charge >= 0.3 is 6.03 Å². The number of hydrogen-bond donors (Lipinski definition) is 6. The van der Waals surface area contributed by atoms with Gasteiger partial charge in [0, 0.05) is 30.8 Å². The van der Waals surface area contributed by atoms with Crippen LogP contribution in [0.15, 0.2) is 42.5 Å². The van der Waals surface area contributed by atoms with Crippen molar-refractivity contribution >= 4 is 17.5 Å². The number of carbonyl (C=O) groups is 2. The molecule has 0 atom stereocenters. The summed E-state index contributed by atoms with van der Waals surface area (Å²) in [7, 11) is 0. The molecule has 2 aromatic carbocycles. The zero-order chi connectivity index (χ0) is 25.1. The SMILES string of the molecule is O=C(Nc1cccc2c1C(=O)c1c(-c3ccc(CNC(CO)CO)cc3)n[nH]c1-2)NN1CCOCC1. The molecule has 188 valence electrons. The number of H-pyrrole nitrogens is 1. The fraction of sp³-hybridized carbons (Fsp3) is 0.320. The normalized spacial score (nSPS) is 15.1. The summed E-state index contributed by atoms with van der Waals surface area (Å²) in [4.78, 5) is 26.1. The second-order valence-electron chi connectivity index (χ2n) is 8.68. The number of nitrogens with zero attached hydrogens (tertiary/aromatic N) is 2. The van der Waals surface area contributed by atoms with Crippen LogP contribution >= 0.6 is 0 Å². The van der Waals surface area contributed by atoms with E-state index in [4.69, 9.17) is 4.74 Å². The topological polar surface area (TPSA) is 152 Å². The number of fused-ring (bicyclic) bond motifs is 3. The van der Waals surface area contributed by atoms with Gasteiger partial charge < -0.3 is 25.6 Å². The third-order valence-electron chi connectivity index (χ3n) is 6.34. The van der Waals surface area contributed by atoms with Gasteiger partial charge in [0.2, 0.25) is 0 Å². The van der Waals surface area contributed by atoms with Gasteiger partial charge in [-0.2, -0.15) is 5.10 Å². The summed E-state index contributed by atoms with van der Waals surface area (Å²) in [5, 5.41) is 33.5. The molecule has 0 saturated carbocycles. The number of nitrogens with one attached hydrogen (secondary N) is 4. The highest BCUT2D eigenvalue weighted by Gasteiger charge is 2.35. The second-order valence-corrected chi connectivity index (χ2v) is 8.68. The lowest BCUT2D eigenvalue weighted by molar-refractivity contribution is 0.0207. The summed E-state index contributed by atoms with van der Waals surface area (Å²) in [6, 6.07) is 12.1. The molecule has 0 radical (unpaired) electrons. The average Bonchev–Trinajstić information content (AvgIpc) is 3.46. The van der Waals surface area contributed by atoms with Gasteiger partial charge in [-0.05, 0) is 11.6 Å². The van der Waals surface area contributed by atoms with Crippen molar-refractivity contribution in [3.8, 4) is 22.5 Å². The van der Waals surface area contributed by atoms with E-state index in [0.29, 0.717) is 66.6 Å². The lowest BCUT2D eigenvalue weighted by atomic mass is 10.0. The number of morpholine rings is 1. The molecule has 11 nitrogen and oxygen atoms in total. The van der Waals surface area contributed by atoms with Gasteiger partial charge in [0.15, 0.2) is 5.78 Å². The zero-order valence-electron chi connectivity index (χ0n) is 19.6. The highest BCUT2D eigenvalue weighted by Crippen LogP contribution is 2.42. The van der Waals surface area contributed by atoms with Crippen molar-refractivity contribution in [3.63, 3.8) is 0 Å². The number of aliphatic hydroxyl groups is 2. The summed E-state index contributed by atoms with van der Waals surface area (Å²) in [5.74, 6) is -0.203. The lowest BCUT2D eigenvalue weighted by Crippen LogP contribution is -2.49. The molecule has 0 spiro atoms. The van der Waals surface area contributed by atoms with Gasteiger partial charge in [0.05, 0.1) is 55.0 Å². The first-order chi connectivity index (χ1) is 17.6. The number of carbonyl (C=O) groups excluding carboxylic acids is 2. The van der Waals surface area contributed by atoms with Gasteiger partial charge in [-0.3, -0.25) is 15.3 Å². The summed E-state index contributed by atoms with van der Waals surface area (Å²) >= 11 is 0. The average molecular weight is 493 g/mol. The number of hydrazine groups is 1. The molecule has 1 saturated heterocycles. The van der Waals surface area contributed by atoms with Crippen LogP contribution in [0, 0.1) is 0 Å². The Hall–Kier alpha value is -3.61. The Morgan fingerprint density at radius 1 is 1.08 bits per heavy atom. The van der Waals surface area contributed by atoms with E-state index in [0.717, 1.165) is 11.1 Å². The molecule has 2 amide bonds. The van der Waals surface area contributed by atoms with E-state index >= 15 is 0 Å². The van der Waals surface area contributed by atoms with Gasteiger partial charge in [-0.15, -0.1) is 0 Å². The van der Waals surface area contributed by atoms with Crippen molar-refractivity contribution in [3.05, 3.63) is 59.2 Å². The molecule has 0 bridgehead atoms. The number of urea groups is 1. The minimum Gasteiger partial charge on any atom is -0.395 e. The zero-order valence-corrected chi connectivity index (χ0v) is 19.6. The molecule has 2 heterocycles. The van der Waals surface area contributed by atoms with E-state index in [1.165, 1.54) is 0 Å². The highest BCUT2D eigenvalue weighted by atomic mass is 16.5. The maximum absolute atomic E-state index is 13.5. The van der Waals surface area contributed by atoms with E-state index in [2.05, 4.69) is 26.3 Å². The number of anilines is 1. The van der Waals surface area contributed by atoms with Crippen LogP contribution in [0.4, 0.5) is 10.5 Å². The molecule has 1 aliphatic carbocycles. The van der Waals surface area contributed by atoms with E-state index < -0.39 is 6.03 Å². The second kappa shape index (κ2) is 10.6. The predicted octanol–water partition coefficient (Wildman–Crippen LogP) is 1.10. The van der Waals surface area contributed by atoms with Gasteiger partial charge in [0.25, 0.3) is 0 Å². The van der Waals surface area contributed by atoms with Crippen molar-refractivity contribution < 1.29 is 24.5 Å². The van der Waals surface area contributed by atoms with Crippen LogP contribution in [-0.2, 0) is 11.3 Å². The quantitative estimate of drug-likeness (QED) is 0.214. The van der Waals surface area contributed by atoms with E-state index in [9.17, 15) is 19.8 Å². The smallest absolute Gasteiger partial charge is 0.333 e. The lowest BCUT2D eigenvalue weighted by Gasteiger charge is -2.27. The Morgan fingerprint density at radius 3 is 2.56 bits per heavy atom. The van der Waals surface area contributed by atoms with Crippen LogP contribution in [0.5, 0.6) is 0 Å². The molecule has 6 N–H and O–H groups in total. The number of ketones is 1. The summed E-state index contributed by atoms with van der Waals surface area (Å²) in [6.45, 7) is 2.47. The Balaban J connectivity index is 1.34. The molecular formula is C25H28N6O5. The summed E-state index contributed by atoms with van der Waals surface area (Å²) in [5.41, 5.74) is 7.73. The first-order valence-electron chi connectivity index (χ1n) is 11.8. The molecule has 1 aliphatic heterocycles. The Morgan fingerprint density at radius 2 is 1.83 bits per heavy atom. The standard InChI is InChI=1S/C25H28N6O5/c32-13-17(14-33)26-12-15-4-6-16(7-5-15)22-21-23(29-28-22)18-2-1-3-19(20(18)24(21)34)27-25(35)30-31-8-10-36-11-9-31/h1-7,17,26,32-33H,8-14H2,(H,28,29)(H2,27,30,35). The molecule has 0 unspecified atom stereocenters. The van der Waals surface area contributed by atoms with Gasteiger partial charge in [-0.1, -0.05) is 36.4 Å². The first-order valence-corrected chi connectivity index (χ1v) is 11.8. The molecule has 36 heavy (non-hydrogen) atoms. The molecule has 2 aliphatic rings. The molecule has 3 aromatic rings. The number of aromatic amines is 1. The third-order valence-corrected chi connectivity index (χ3v) is 6.34. The number of aliphatic hydroxyl groups excluding tert-OH is 2. The van der Waals surface area contributed by atoms with Gasteiger partial charge in [-0.25, -0.2) is 9.80 Å². The van der Waals surface area contributed by atoms with Crippen LogP contribution < -0.4 is 16.1 Å². The Bertz CT molecular complexity index is 1250. The highest BCUT2D eigenvalue weighted by molar-refractivity contribution is 6.26. The number of ether oxygens (including phenoxy) is 1. The van der Waals surface area contributed by atoms with Crippen LogP contribution in [0.2, 0.25) is 0 Å². The Labute approximate surface area is 207 Å². The van der Waals surface area contributed by atoms with Crippen molar-refractivity contribution in [2.45, 2.75) is 12.6 Å². The van der Waals surface area contributed by atoms with Crippen molar-refractivity contribution in [1.82, 2.24) is 25.9 Å². The monoisotopic (exact) mass is 492 g/mol. The number of amides is 2. The number of benzene rings is 2. The minimum absolute atomic E-state index is 0.150. The van der Waals surface area contributed by atoms with E-state index in [1.54, 1.807) is 17.1 Å². The number of aromatic nitrogens is 2. The summed E-state index contributed by atoms with van der Waals surface area (Å²) < 4.78 is 5.30. The van der Waals surface area contributed by atoms with Crippen LogP contribution in [0.25, 0.3) is 22.5 Å². The first kappa shape index (κ1) is 24.1. The molecular weight excluding hydrogens is 464 g/mol. The largest absolute Gasteiger partial charge is 0.395 e. The van der Waals surface area contributed by atoms with E-state index in [1.807, 2.05) is 30.3 Å². The predicted molar refractivity (Wildman–Crippen MR) is 132 cm³/mol. The van der Waals surface area contributed by atoms with Crippen molar-refractivity contribution in [1.29, 1.82) is 0 Å². The molecule has 1 aromatic heterocycles.